The predicted molar refractivity (Wildman–Crippen MR) is 151 cm³/mol. The number of pyridine rings is 1. The summed E-state index contributed by atoms with van der Waals surface area (Å²) in [4.78, 5) is 32.6. The summed E-state index contributed by atoms with van der Waals surface area (Å²) >= 11 is 12.6. The number of tetrazole rings is 1. The van der Waals surface area contributed by atoms with Crippen LogP contribution in [0.15, 0.2) is 59.7 Å². The molecule has 220 valence electrons. The summed E-state index contributed by atoms with van der Waals surface area (Å²) in [5.41, 5.74) is 0.473. The van der Waals surface area contributed by atoms with Crippen LogP contribution >= 0.6 is 23.2 Å². The zero-order valence-corrected chi connectivity index (χ0v) is 23.5. The maximum atomic E-state index is 14.1. The highest BCUT2D eigenvalue weighted by atomic mass is 35.5. The Balaban J connectivity index is 1.40. The van der Waals surface area contributed by atoms with E-state index in [9.17, 15) is 27.9 Å². The van der Waals surface area contributed by atoms with Crippen molar-refractivity contribution in [3.63, 3.8) is 0 Å². The fraction of sp³-hybridized carbons (Fsp3) is 0.185. The van der Waals surface area contributed by atoms with Crippen LogP contribution in [-0.4, -0.2) is 53.0 Å². The Bertz CT molecular complexity index is 1940. The minimum absolute atomic E-state index is 0.100. The summed E-state index contributed by atoms with van der Waals surface area (Å²) in [7, 11) is 1.14. The Labute approximate surface area is 250 Å². The lowest BCUT2D eigenvalue weighted by molar-refractivity contribution is -0.137. The van der Waals surface area contributed by atoms with Gasteiger partial charge in [-0.2, -0.15) is 17.9 Å². The lowest BCUT2D eigenvalue weighted by Crippen LogP contribution is -2.24. The molecule has 0 unspecified atom stereocenters. The zero-order chi connectivity index (χ0) is 30.6. The summed E-state index contributed by atoms with van der Waals surface area (Å²) in [6.45, 7) is 0. The molecule has 43 heavy (non-hydrogen) atoms. The number of fused-ring (bicyclic) bond motifs is 1. The Morgan fingerprint density at radius 1 is 1.12 bits per heavy atom. The normalized spacial score (nSPS) is 14.6. The smallest absolute Gasteiger partial charge is 0.417 e. The van der Waals surface area contributed by atoms with Crippen LogP contribution in [0, 0.1) is 0 Å². The van der Waals surface area contributed by atoms with Crippen molar-refractivity contribution in [3.8, 4) is 28.1 Å². The van der Waals surface area contributed by atoms with Crippen molar-refractivity contribution in [2.24, 2.45) is 0 Å². The van der Waals surface area contributed by atoms with Crippen molar-refractivity contribution in [2.45, 2.75) is 25.1 Å². The second-order valence-electron chi connectivity index (χ2n) is 9.77. The van der Waals surface area contributed by atoms with Crippen LogP contribution < -0.4 is 10.5 Å². The minimum Gasteiger partial charge on any atom is -0.465 e. The van der Waals surface area contributed by atoms with Crippen LogP contribution in [0.25, 0.3) is 28.1 Å². The van der Waals surface area contributed by atoms with Crippen LogP contribution in [0.3, 0.4) is 0 Å². The van der Waals surface area contributed by atoms with Gasteiger partial charge in [0.25, 0.3) is 5.56 Å². The number of nitrogens with one attached hydrogen (secondary N) is 1. The number of imidazole rings is 1. The number of halogens is 5. The molecule has 1 aliphatic rings. The molecular weight excluding hydrogens is 612 g/mol. The van der Waals surface area contributed by atoms with E-state index in [1.165, 1.54) is 27.7 Å². The maximum absolute atomic E-state index is 14.1. The van der Waals surface area contributed by atoms with Crippen LogP contribution in [0.5, 0.6) is 0 Å². The van der Waals surface area contributed by atoms with Gasteiger partial charge in [0, 0.05) is 40.6 Å². The van der Waals surface area contributed by atoms with Crippen molar-refractivity contribution in [1.82, 2.24) is 34.7 Å². The van der Waals surface area contributed by atoms with Crippen LogP contribution in [0.4, 0.5) is 23.7 Å². The first-order valence-corrected chi connectivity index (χ1v) is 13.4. The van der Waals surface area contributed by atoms with E-state index in [4.69, 9.17) is 23.2 Å². The summed E-state index contributed by atoms with van der Waals surface area (Å²) < 4.78 is 45.2. The SMILES string of the molecule is CN(C(=O)O)c1ccc(-c2[nH]c([C@@H]3CCc4cc(-c5cc(Cl)ccc5-n5cnnn5)cc(=O)n43)nc2Cl)c(C(F)(F)F)c1. The highest BCUT2D eigenvalue weighted by molar-refractivity contribution is 6.32. The average Bonchev–Trinajstić information content (AvgIpc) is 3.72. The van der Waals surface area contributed by atoms with E-state index in [0.29, 0.717) is 45.3 Å². The first kappa shape index (κ1) is 28.4. The molecule has 0 saturated carbocycles. The Kier molecular flexibility index (Phi) is 6.97. The number of carbonyl (C=O) groups is 1. The molecule has 1 amide bonds. The topological polar surface area (TPSA) is 135 Å². The molecule has 1 atom stereocenters. The van der Waals surface area contributed by atoms with Gasteiger partial charge in [0.2, 0.25) is 0 Å². The molecule has 1 aliphatic heterocycles. The van der Waals surface area contributed by atoms with E-state index in [-0.39, 0.29) is 33.5 Å². The van der Waals surface area contributed by atoms with Gasteiger partial charge in [0.1, 0.15) is 12.2 Å². The molecule has 0 bridgehead atoms. The number of aromatic nitrogens is 7. The molecule has 0 saturated heterocycles. The van der Waals surface area contributed by atoms with Crippen molar-refractivity contribution in [2.75, 3.05) is 11.9 Å². The predicted octanol–water partition coefficient (Wildman–Crippen LogP) is 5.86. The number of alkyl halides is 3. The summed E-state index contributed by atoms with van der Waals surface area (Å²) in [6.07, 6.45) is -3.91. The highest BCUT2D eigenvalue weighted by Crippen LogP contribution is 2.42. The third-order valence-electron chi connectivity index (χ3n) is 7.24. The van der Waals surface area contributed by atoms with Crippen molar-refractivity contribution in [3.05, 3.63) is 92.5 Å². The van der Waals surface area contributed by atoms with E-state index in [0.717, 1.165) is 19.2 Å². The van der Waals surface area contributed by atoms with Gasteiger partial charge in [-0.1, -0.05) is 29.3 Å². The number of amides is 1. The monoisotopic (exact) mass is 630 g/mol. The standard InChI is InChI=1S/C27H19Cl2F3N8O3/c1-38(26(42)43)15-3-5-17(19(11-15)27(30,31)32)23-24(29)35-25(34-23)21-7-4-16-8-13(9-22(41)40(16)21)18-10-14(28)2-6-20(18)39-12-33-36-37-39/h2-3,5-6,8-12,21H,4,7H2,1H3,(H,34,35)(H,42,43)/t21-/m0/s1. The number of anilines is 1. The number of hydrogen-bond acceptors (Lipinski definition) is 6. The Morgan fingerprint density at radius 3 is 2.60 bits per heavy atom. The lowest BCUT2D eigenvalue weighted by Gasteiger charge is -2.18. The van der Waals surface area contributed by atoms with Gasteiger partial charge in [-0.05, 0) is 65.2 Å². The fourth-order valence-electron chi connectivity index (χ4n) is 5.23. The number of aromatic amines is 1. The second kappa shape index (κ2) is 10.5. The number of aryl methyl sites for hydroxylation is 1. The molecule has 0 radical (unpaired) electrons. The summed E-state index contributed by atoms with van der Waals surface area (Å²) in [5, 5.41) is 20.7. The van der Waals surface area contributed by atoms with Crippen molar-refractivity contribution >= 4 is 35.0 Å². The number of hydrogen-bond donors (Lipinski definition) is 2. The average molecular weight is 631 g/mol. The number of nitrogens with zero attached hydrogens (tertiary/aromatic N) is 7. The van der Waals surface area contributed by atoms with E-state index < -0.39 is 23.9 Å². The second-order valence-corrected chi connectivity index (χ2v) is 10.6. The number of carboxylic acid groups (broad SMARTS) is 1. The Hall–Kier alpha value is -4.69. The molecule has 0 spiro atoms. The van der Waals surface area contributed by atoms with E-state index >= 15 is 0 Å². The van der Waals surface area contributed by atoms with Gasteiger partial charge < -0.3 is 14.7 Å². The molecular formula is C27H19Cl2F3N8O3. The van der Waals surface area contributed by atoms with Crippen molar-refractivity contribution < 1.29 is 23.1 Å². The van der Waals surface area contributed by atoms with E-state index in [2.05, 4.69) is 25.5 Å². The highest BCUT2D eigenvalue weighted by Gasteiger charge is 2.36. The fourth-order valence-corrected chi connectivity index (χ4v) is 5.64. The summed E-state index contributed by atoms with van der Waals surface area (Å²) in [6, 6.07) is 10.9. The minimum atomic E-state index is -4.83. The summed E-state index contributed by atoms with van der Waals surface area (Å²) in [5.74, 6) is 0.214. The van der Waals surface area contributed by atoms with Gasteiger partial charge in [-0.25, -0.2) is 9.78 Å². The lowest BCUT2D eigenvalue weighted by atomic mass is 10.0. The molecule has 6 rings (SSSR count). The van der Waals surface area contributed by atoms with Crippen LogP contribution in [0.2, 0.25) is 10.2 Å². The zero-order valence-electron chi connectivity index (χ0n) is 22.0. The molecule has 2 aromatic carbocycles. The molecule has 4 heterocycles. The first-order valence-electron chi connectivity index (χ1n) is 12.6. The largest absolute Gasteiger partial charge is 0.465 e. The Morgan fingerprint density at radius 2 is 1.91 bits per heavy atom. The van der Waals surface area contributed by atoms with Gasteiger partial charge in [0.15, 0.2) is 5.15 Å². The molecule has 11 nitrogen and oxygen atoms in total. The van der Waals surface area contributed by atoms with Crippen molar-refractivity contribution in [1.29, 1.82) is 0 Å². The molecule has 5 aromatic rings. The van der Waals surface area contributed by atoms with Crippen LogP contribution in [0.1, 0.15) is 29.5 Å². The third kappa shape index (κ3) is 5.12. The molecule has 0 aliphatic carbocycles. The molecule has 0 fully saturated rings. The number of benzene rings is 2. The van der Waals surface area contributed by atoms with Gasteiger partial charge in [-0.15, -0.1) is 5.10 Å². The number of H-pyrrole nitrogens is 1. The van der Waals surface area contributed by atoms with E-state index in [1.54, 1.807) is 18.2 Å². The molecule has 16 heteroatoms. The van der Waals surface area contributed by atoms with Crippen LogP contribution in [-0.2, 0) is 12.6 Å². The van der Waals surface area contributed by atoms with Gasteiger partial charge in [-0.3, -0.25) is 9.69 Å². The maximum Gasteiger partial charge on any atom is 0.417 e. The third-order valence-corrected chi connectivity index (χ3v) is 7.75. The van der Waals surface area contributed by atoms with E-state index in [1.807, 2.05) is 6.07 Å². The van der Waals surface area contributed by atoms with Gasteiger partial charge >= 0.3 is 12.3 Å². The molecule has 2 N–H and O–H groups in total. The molecule has 3 aromatic heterocycles. The quantitative estimate of drug-likeness (QED) is 0.248. The van der Waals surface area contributed by atoms with Gasteiger partial charge in [0.05, 0.1) is 23.0 Å². The number of rotatable bonds is 5. The first-order chi connectivity index (χ1) is 20.4.